The van der Waals surface area contributed by atoms with Crippen molar-refractivity contribution in [2.24, 2.45) is 0 Å². The van der Waals surface area contributed by atoms with E-state index in [1.165, 1.54) is 12.4 Å². The number of benzene rings is 1. The van der Waals surface area contributed by atoms with Crippen LogP contribution in [0.3, 0.4) is 0 Å². The van der Waals surface area contributed by atoms with E-state index in [2.05, 4.69) is 9.97 Å². The Bertz CT molecular complexity index is 829. The maximum Gasteiger partial charge on any atom is 0.410 e. The second kappa shape index (κ2) is 7.20. The molecular weight excluding hydrogens is 350 g/mol. The molecule has 140 valence electrons. The van der Waals surface area contributed by atoms with Crippen LogP contribution in [-0.4, -0.2) is 57.2 Å². The third-order valence-corrected chi connectivity index (χ3v) is 4.94. The number of hydroxylamine groups is 1. The van der Waals surface area contributed by atoms with Crippen LogP contribution < -0.4 is 10.4 Å². The monoisotopic (exact) mass is 369 g/mol. The van der Waals surface area contributed by atoms with Gasteiger partial charge in [-0.2, -0.15) is 0 Å². The number of amides is 2. The minimum Gasteiger partial charge on any atom is -0.445 e. The summed E-state index contributed by atoms with van der Waals surface area (Å²) in [5, 5.41) is 8.64. The van der Waals surface area contributed by atoms with Crippen LogP contribution in [0.25, 0.3) is 0 Å². The summed E-state index contributed by atoms with van der Waals surface area (Å²) >= 11 is 0. The maximum absolute atomic E-state index is 12.4. The third-order valence-electron chi connectivity index (χ3n) is 4.94. The van der Waals surface area contributed by atoms with E-state index < -0.39 is 5.91 Å². The molecule has 2 N–H and O–H groups in total. The van der Waals surface area contributed by atoms with Gasteiger partial charge in [0.05, 0.1) is 17.6 Å². The molecule has 2 amide bonds. The molecule has 0 saturated carbocycles. The number of carbonyl (C=O) groups is 2. The molecule has 27 heavy (non-hydrogen) atoms. The van der Waals surface area contributed by atoms with Gasteiger partial charge in [0.25, 0.3) is 5.91 Å². The van der Waals surface area contributed by atoms with E-state index >= 15 is 0 Å². The van der Waals surface area contributed by atoms with Crippen LogP contribution in [0.4, 0.5) is 10.7 Å². The zero-order chi connectivity index (χ0) is 18.8. The Morgan fingerprint density at radius 3 is 2.52 bits per heavy atom. The Morgan fingerprint density at radius 1 is 1.15 bits per heavy atom. The van der Waals surface area contributed by atoms with Crippen molar-refractivity contribution >= 4 is 17.9 Å². The Morgan fingerprint density at radius 2 is 1.89 bits per heavy atom. The van der Waals surface area contributed by atoms with E-state index in [9.17, 15) is 9.59 Å². The predicted octanol–water partition coefficient (Wildman–Crippen LogP) is 1.20. The number of hydrogen-bond acceptors (Lipinski definition) is 7. The minimum atomic E-state index is -0.656. The van der Waals surface area contributed by atoms with E-state index in [4.69, 9.17) is 9.94 Å². The first-order valence-corrected chi connectivity index (χ1v) is 8.66. The van der Waals surface area contributed by atoms with Crippen LogP contribution in [-0.2, 0) is 11.3 Å². The number of likely N-dealkylation sites (tertiary alicyclic amines) is 1. The van der Waals surface area contributed by atoms with Gasteiger partial charge in [-0.05, 0) is 12.0 Å². The summed E-state index contributed by atoms with van der Waals surface area (Å²) in [6.45, 7) is 1.44. The van der Waals surface area contributed by atoms with Crippen LogP contribution in [0.1, 0.15) is 22.3 Å². The van der Waals surface area contributed by atoms with Crippen LogP contribution in [0, 0.1) is 0 Å². The Hall–Kier alpha value is -3.20. The molecule has 0 spiro atoms. The van der Waals surface area contributed by atoms with E-state index in [-0.39, 0.29) is 30.3 Å². The van der Waals surface area contributed by atoms with Crippen LogP contribution >= 0.6 is 0 Å². The number of rotatable bonds is 4. The van der Waals surface area contributed by atoms with Crippen molar-refractivity contribution in [3.63, 3.8) is 0 Å². The number of nitrogens with zero attached hydrogens (tertiary/aromatic N) is 4. The molecule has 9 heteroatoms. The van der Waals surface area contributed by atoms with Gasteiger partial charge in [-0.1, -0.05) is 30.3 Å². The van der Waals surface area contributed by atoms with Crippen molar-refractivity contribution in [3.8, 4) is 0 Å². The molecule has 2 bridgehead atoms. The lowest BCUT2D eigenvalue weighted by molar-refractivity contribution is 0.0705. The van der Waals surface area contributed by atoms with Gasteiger partial charge in [-0.3, -0.25) is 10.0 Å². The van der Waals surface area contributed by atoms with Crippen LogP contribution in [0.15, 0.2) is 42.7 Å². The zero-order valence-corrected chi connectivity index (χ0v) is 14.5. The second-order valence-corrected chi connectivity index (χ2v) is 6.60. The molecule has 0 unspecified atom stereocenters. The molecular formula is C18H19N5O4. The molecule has 2 atom stereocenters. The highest BCUT2D eigenvalue weighted by Crippen LogP contribution is 2.33. The lowest BCUT2D eigenvalue weighted by Gasteiger charge is -2.33. The molecule has 2 fully saturated rings. The highest BCUT2D eigenvalue weighted by molar-refractivity contribution is 5.92. The van der Waals surface area contributed by atoms with E-state index in [1.807, 2.05) is 35.2 Å². The molecule has 2 aromatic rings. The van der Waals surface area contributed by atoms with Gasteiger partial charge < -0.3 is 14.5 Å². The van der Waals surface area contributed by atoms with Crippen LogP contribution in [0.5, 0.6) is 0 Å². The first kappa shape index (κ1) is 17.2. The number of nitrogens with one attached hydrogen (secondary N) is 1. The number of carbonyl (C=O) groups excluding carboxylic acids is 2. The van der Waals surface area contributed by atoms with Gasteiger partial charge in [0, 0.05) is 25.5 Å². The van der Waals surface area contributed by atoms with Gasteiger partial charge in [0.1, 0.15) is 6.61 Å². The van der Waals surface area contributed by atoms with Gasteiger partial charge in [0.15, 0.2) is 0 Å². The Balaban J connectivity index is 1.35. The Labute approximate surface area is 155 Å². The van der Waals surface area contributed by atoms with Gasteiger partial charge in [0.2, 0.25) is 5.95 Å². The van der Waals surface area contributed by atoms with Crippen LogP contribution in [0.2, 0.25) is 0 Å². The quantitative estimate of drug-likeness (QED) is 0.616. The summed E-state index contributed by atoms with van der Waals surface area (Å²) in [7, 11) is 0. The van der Waals surface area contributed by atoms with E-state index in [0.717, 1.165) is 12.0 Å². The van der Waals surface area contributed by atoms with Crippen molar-refractivity contribution in [2.45, 2.75) is 25.1 Å². The van der Waals surface area contributed by atoms with Gasteiger partial charge in [-0.25, -0.2) is 20.2 Å². The highest BCUT2D eigenvalue weighted by Gasteiger charge is 2.46. The molecule has 2 saturated heterocycles. The fourth-order valence-corrected chi connectivity index (χ4v) is 3.59. The second-order valence-electron chi connectivity index (χ2n) is 6.60. The standard InChI is InChI=1S/C18H19N5O4/c24-16(21-26)13-7-19-17(20-8-13)22-9-15-6-14(22)10-23(15)18(25)27-11-12-4-2-1-3-5-12/h1-5,7-8,14-15,26H,6,9-11H2,(H,21,24)/t14-,15+/m0/s1. The lowest BCUT2D eigenvalue weighted by atomic mass is 10.2. The molecule has 2 aliphatic heterocycles. The predicted molar refractivity (Wildman–Crippen MR) is 94.2 cm³/mol. The number of aromatic nitrogens is 2. The molecule has 0 aliphatic carbocycles. The topological polar surface area (TPSA) is 108 Å². The number of hydrogen-bond donors (Lipinski definition) is 2. The van der Waals surface area contributed by atoms with Gasteiger partial charge in [-0.15, -0.1) is 0 Å². The summed E-state index contributed by atoms with van der Waals surface area (Å²) < 4.78 is 5.43. The summed E-state index contributed by atoms with van der Waals surface area (Å²) in [5.41, 5.74) is 2.68. The number of piperazine rings is 1. The fraction of sp³-hybridized carbons (Fsp3) is 0.333. The zero-order valence-electron chi connectivity index (χ0n) is 14.5. The first-order chi connectivity index (χ1) is 13.2. The average Bonchev–Trinajstić information content (AvgIpc) is 3.33. The maximum atomic E-state index is 12.4. The largest absolute Gasteiger partial charge is 0.445 e. The summed E-state index contributed by atoms with van der Waals surface area (Å²) in [6, 6.07) is 9.76. The molecule has 2 aliphatic rings. The first-order valence-electron chi connectivity index (χ1n) is 8.66. The van der Waals surface area contributed by atoms with E-state index in [0.29, 0.717) is 19.0 Å². The van der Waals surface area contributed by atoms with E-state index in [1.54, 1.807) is 10.4 Å². The minimum absolute atomic E-state index is 0.0577. The number of fused-ring (bicyclic) bond motifs is 2. The normalized spacial score (nSPS) is 20.6. The van der Waals surface area contributed by atoms with Crippen molar-refractivity contribution in [3.05, 3.63) is 53.9 Å². The van der Waals surface area contributed by atoms with Crippen molar-refractivity contribution in [2.75, 3.05) is 18.0 Å². The van der Waals surface area contributed by atoms with Gasteiger partial charge >= 0.3 is 6.09 Å². The van der Waals surface area contributed by atoms with Crippen molar-refractivity contribution in [1.82, 2.24) is 20.3 Å². The molecule has 9 nitrogen and oxygen atoms in total. The third kappa shape index (κ3) is 3.41. The molecule has 0 radical (unpaired) electrons. The summed E-state index contributed by atoms with van der Waals surface area (Å²) in [4.78, 5) is 35.9. The SMILES string of the molecule is O=C(NO)c1cnc(N2C[C@H]3C[C@H]2CN3C(=O)OCc2ccccc2)nc1. The average molecular weight is 369 g/mol. The van der Waals surface area contributed by atoms with Crippen molar-refractivity contribution in [1.29, 1.82) is 0 Å². The summed E-state index contributed by atoms with van der Waals surface area (Å²) in [6.07, 6.45) is 3.27. The smallest absolute Gasteiger partial charge is 0.410 e. The molecule has 1 aromatic heterocycles. The Kier molecular flexibility index (Phi) is 4.59. The van der Waals surface area contributed by atoms with Crippen molar-refractivity contribution < 1.29 is 19.5 Å². The number of ether oxygens (including phenoxy) is 1. The molecule has 1 aromatic carbocycles. The molecule has 3 heterocycles. The molecule has 4 rings (SSSR count). The lowest BCUT2D eigenvalue weighted by Crippen LogP contribution is -2.49. The number of anilines is 1. The highest BCUT2D eigenvalue weighted by atomic mass is 16.6. The fourth-order valence-electron chi connectivity index (χ4n) is 3.59. The summed E-state index contributed by atoms with van der Waals surface area (Å²) in [5.74, 6) is -0.147.